The summed E-state index contributed by atoms with van der Waals surface area (Å²) in [7, 11) is 0. The first kappa shape index (κ1) is 21.0. The lowest BCUT2D eigenvalue weighted by atomic mass is 9.95. The molecule has 2 aliphatic rings. The normalized spacial score (nSPS) is 15.6. The summed E-state index contributed by atoms with van der Waals surface area (Å²) in [6.45, 7) is 1.66. The fourth-order valence-corrected chi connectivity index (χ4v) is 4.31. The van der Waals surface area contributed by atoms with Crippen molar-refractivity contribution in [3.8, 4) is 11.5 Å². The summed E-state index contributed by atoms with van der Waals surface area (Å²) in [5, 5.41) is 7.71. The number of benzene rings is 2. The topological polar surface area (TPSA) is 103 Å². The van der Waals surface area contributed by atoms with Crippen LogP contribution in [-0.4, -0.2) is 46.4 Å². The second-order valence-electron chi connectivity index (χ2n) is 8.21. The van der Waals surface area contributed by atoms with Crippen LogP contribution in [0, 0.1) is 5.92 Å². The van der Waals surface area contributed by atoms with Crippen LogP contribution < -0.4 is 20.2 Å². The van der Waals surface area contributed by atoms with Gasteiger partial charge in [0.2, 0.25) is 24.0 Å². The first-order valence-corrected chi connectivity index (χ1v) is 11.0. The first-order valence-electron chi connectivity index (χ1n) is 11.0. The predicted molar refractivity (Wildman–Crippen MR) is 121 cm³/mol. The number of nitrogens with zero attached hydrogens (tertiary/aromatic N) is 3. The van der Waals surface area contributed by atoms with Gasteiger partial charge in [0.1, 0.15) is 0 Å². The maximum absolute atomic E-state index is 12.7. The molecule has 5 rings (SSSR count). The largest absolute Gasteiger partial charge is 0.454 e. The molecule has 0 spiro atoms. The minimum absolute atomic E-state index is 0.0224. The van der Waals surface area contributed by atoms with Gasteiger partial charge in [-0.25, -0.2) is 0 Å². The molecule has 1 saturated heterocycles. The van der Waals surface area contributed by atoms with Crippen LogP contribution in [0.3, 0.4) is 0 Å². The van der Waals surface area contributed by atoms with E-state index in [0.717, 1.165) is 5.52 Å². The van der Waals surface area contributed by atoms with Crippen molar-refractivity contribution < 1.29 is 19.1 Å². The third kappa shape index (κ3) is 4.39. The number of aryl methyl sites for hydroxylation is 1. The molecule has 2 aliphatic heterocycles. The number of piperidine rings is 1. The Labute approximate surface area is 189 Å². The van der Waals surface area contributed by atoms with Crippen LogP contribution in [0.1, 0.15) is 19.3 Å². The number of rotatable bonds is 5. The Morgan fingerprint density at radius 2 is 1.85 bits per heavy atom. The van der Waals surface area contributed by atoms with Gasteiger partial charge in [-0.05, 0) is 37.1 Å². The lowest BCUT2D eigenvalue weighted by Gasteiger charge is -2.31. The number of likely N-dealkylation sites (tertiary alicyclic amines) is 1. The molecule has 0 aliphatic carbocycles. The number of ether oxygens (including phenoxy) is 2. The van der Waals surface area contributed by atoms with Crippen LogP contribution in [-0.2, 0) is 16.1 Å². The van der Waals surface area contributed by atoms with Crippen LogP contribution in [0.2, 0.25) is 0 Å². The third-order valence-electron chi connectivity index (χ3n) is 6.16. The van der Waals surface area contributed by atoms with Crippen molar-refractivity contribution in [2.24, 2.45) is 5.92 Å². The summed E-state index contributed by atoms with van der Waals surface area (Å²) < 4.78 is 12.3. The molecule has 0 atom stereocenters. The average molecular weight is 448 g/mol. The molecular formula is C24H24N4O5. The maximum atomic E-state index is 12.7. The summed E-state index contributed by atoms with van der Waals surface area (Å²) in [5.41, 5.74) is 1.26. The Bertz CT molecular complexity index is 1260. The molecule has 33 heavy (non-hydrogen) atoms. The second kappa shape index (κ2) is 8.93. The van der Waals surface area contributed by atoms with Gasteiger partial charge >= 0.3 is 0 Å². The monoisotopic (exact) mass is 448 g/mol. The molecule has 0 radical (unpaired) electrons. The molecule has 2 aromatic carbocycles. The van der Waals surface area contributed by atoms with Gasteiger partial charge in [0.05, 0.1) is 18.3 Å². The zero-order valence-electron chi connectivity index (χ0n) is 18.0. The molecule has 9 heteroatoms. The van der Waals surface area contributed by atoms with Crippen LogP contribution in [0.4, 0.5) is 5.69 Å². The number of para-hydroxylation sites is 1. The number of amides is 2. The number of carbonyl (C=O) groups excluding carboxylic acids is 2. The van der Waals surface area contributed by atoms with Crippen LogP contribution in [0.15, 0.2) is 53.5 Å². The lowest BCUT2D eigenvalue weighted by Crippen LogP contribution is -2.41. The van der Waals surface area contributed by atoms with E-state index in [1.807, 2.05) is 18.2 Å². The van der Waals surface area contributed by atoms with Crippen molar-refractivity contribution in [1.29, 1.82) is 0 Å². The lowest BCUT2D eigenvalue weighted by molar-refractivity contribution is -0.134. The predicted octanol–water partition coefficient (Wildman–Crippen LogP) is 2.39. The first-order chi connectivity index (χ1) is 16.1. The minimum atomic E-state index is -0.149. The molecular weight excluding hydrogens is 424 g/mol. The van der Waals surface area contributed by atoms with Crippen molar-refractivity contribution in [2.75, 3.05) is 25.2 Å². The maximum Gasteiger partial charge on any atom is 0.231 e. The third-order valence-corrected chi connectivity index (χ3v) is 6.16. The summed E-state index contributed by atoms with van der Waals surface area (Å²) in [4.78, 5) is 39.2. The minimum Gasteiger partial charge on any atom is -0.454 e. The number of carbonyl (C=O) groups is 2. The van der Waals surface area contributed by atoms with E-state index in [9.17, 15) is 14.4 Å². The van der Waals surface area contributed by atoms with Gasteiger partial charge in [-0.15, -0.1) is 0 Å². The molecule has 1 aromatic heterocycles. The van der Waals surface area contributed by atoms with Gasteiger partial charge in [0.15, 0.2) is 11.5 Å². The SMILES string of the molecule is O=C(Nc1ccc2c(c1)OCO2)C1CCN(C(=O)CCn2ncc(=O)c3ccccc32)CC1. The molecule has 0 saturated carbocycles. The fourth-order valence-electron chi connectivity index (χ4n) is 4.31. The van der Waals surface area contributed by atoms with Gasteiger partial charge in [0, 0.05) is 42.6 Å². The standard InChI is InChI=1S/C24H24N4O5/c29-20-14-25-28(19-4-2-1-3-18(19)20)12-9-23(30)27-10-7-16(8-11-27)24(31)26-17-5-6-21-22(13-17)33-15-32-21/h1-6,13-14,16H,7-12,15H2,(H,26,31). The van der Waals surface area contributed by atoms with Crippen LogP contribution in [0.5, 0.6) is 11.5 Å². The number of aromatic nitrogens is 2. The van der Waals surface area contributed by atoms with Crippen molar-refractivity contribution in [1.82, 2.24) is 14.7 Å². The van der Waals surface area contributed by atoms with Crippen molar-refractivity contribution >= 4 is 28.4 Å². The summed E-state index contributed by atoms with van der Waals surface area (Å²) in [5.74, 6) is 1.12. The molecule has 0 bridgehead atoms. The fraction of sp³-hybridized carbons (Fsp3) is 0.333. The van der Waals surface area contributed by atoms with Crippen LogP contribution >= 0.6 is 0 Å². The Kier molecular flexibility index (Phi) is 5.68. The van der Waals surface area contributed by atoms with E-state index in [4.69, 9.17) is 9.47 Å². The van der Waals surface area contributed by atoms with Gasteiger partial charge in [-0.2, -0.15) is 5.10 Å². The van der Waals surface area contributed by atoms with Gasteiger partial charge < -0.3 is 19.7 Å². The quantitative estimate of drug-likeness (QED) is 0.643. The summed E-state index contributed by atoms with van der Waals surface area (Å²) in [6.07, 6.45) is 2.80. The highest BCUT2D eigenvalue weighted by atomic mass is 16.7. The van der Waals surface area contributed by atoms with Gasteiger partial charge in [0.25, 0.3) is 0 Å². The zero-order valence-corrected chi connectivity index (χ0v) is 18.0. The van der Waals surface area contributed by atoms with Gasteiger partial charge in [-0.1, -0.05) is 12.1 Å². The molecule has 170 valence electrons. The number of anilines is 1. The average Bonchev–Trinajstić information content (AvgIpc) is 3.32. The summed E-state index contributed by atoms with van der Waals surface area (Å²) in [6, 6.07) is 12.6. The Balaban J connectivity index is 1.13. The van der Waals surface area contributed by atoms with Crippen LogP contribution in [0.25, 0.3) is 10.9 Å². The Morgan fingerprint density at radius 1 is 1.06 bits per heavy atom. The molecule has 1 N–H and O–H groups in total. The molecule has 2 amide bonds. The van der Waals surface area contributed by atoms with Gasteiger partial charge in [-0.3, -0.25) is 19.1 Å². The number of hydrogen-bond acceptors (Lipinski definition) is 6. The summed E-state index contributed by atoms with van der Waals surface area (Å²) >= 11 is 0. The van der Waals surface area contributed by atoms with E-state index in [2.05, 4.69) is 10.4 Å². The van der Waals surface area contributed by atoms with Crippen molar-refractivity contribution in [2.45, 2.75) is 25.8 Å². The Morgan fingerprint density at radius 3 is 2.70 bits per heavy atom. The van der Waals surface area contributed by atoms with E-state index < -0.39 is 0 Å². The zero-order chi connectivity index (χ0) is 22.8. The molecule has 3 heterocycles. The molecule has 3 aromatic rings. The highest BCUT2D eigenvalue weighted by Crippen LogP contribution is 2.34. The highest BCUT2D eigenvalue weighted by molar-refractivity contribution is 5.93. The van der Waals surface area contributed by atoms with Crippen molar-refractivity contribution in [3.63, 3.8) is 0 Å². The van der Waals surface area contributed by atoms with E-state index in [0.29, 0.717) is 55.0 Å². The Hall–Kier alpha value is -3.88. The molecule has 0 unspecified atom stereocenters. The van der Waals surface area contributed by atoms with Crippen molar-refractivity contribution in [3.05, 3.63) is 58.9 Å². The van der Waals surface area contributed by atoms with E-state index in [1.165, 1.54) is 6.20 Å². The molecule has 1 fully saturated rings. The van der Waals surface area contributed by atoms with E-state index in [-0.39, 0.29) is 36.4 Å². The van der Waals surface area contributed by atoms with E-state index >= 15 is 0 Å². The molecule has 9 nitrogen and oxygen atoms in total. The van der Waals surface area contributed by atoms with E-state index in [1.54, 1.807) is 33.8 Å². The highest BCUT2D eigenvalue weighted by Gasteiger charge is 2.27. The smallest absolute Gasteiger partial charge is 0.231 e. The number of fused-ring (bicyclic) bond motifs is 2. The number of nitrogens with one attached hydrogen (secondary N) is 1. The second-order valence-corrected chi connectivity index (χ2v) is 8.21. The number of hydrogen-bond donors (Lipinski definition) is 1.